The number of hydrogen-bond donors (Lipinski definition) is 1. The van der Waals surface area contributed by atoms with Crippen molar-refractivity contribution in [2.45, 2.75) is 12.0 Å². The van der Waals surface area contributed by atoms with E-state index in [4.69, 9.17) is 4.74 Å². The van der Waals surface area contributed by atoms with Gasteiger partial charge in [-0.15, -0.1) is 0 Å². The van der Waals surface area contributed by atoms with E-state index in [2.05, 4.69) is 16.3 Å². The average molecular weight is 243 g/mol. The molecule has 4 nitrogen and oxygen atoms in total. The number of ether oxygens (including phenoxy) is 1. The Morgan fingerprint density at radius 3 is 2.83 bits per heavy atom. The van der Waals surface area contributed by atoms with Crippen LogP contribution in [-0.2, 0) is 5.54 Å². The normalized spacial score (nSPS) is 27.9. The molecule has 18 heavy (non-hydrogen) atoms. The first-order valence-electron chi connectivity index (χ1n) is 6.46. The van der Waals surface area contributed by atoms with Gasteiger partial charge in [-0.3, -0.25) is 4.90 Å². The van der Waals surface area contributed by atoms with Crippen molar-refractivity contribution < 1.29 is 4.74 Å². The van der Waals surface area contributed by atoms with Crippen molar-refractivity contribution in [2.24, 2.45) is 0 Å². The second kappa shape index (κ2) is 4.60. The fourth-order valence-corrected chi connectivity index (χ4v) is 2.94. The molecule has 0 amide bonds. The average Bonchev–Trinajstić information content (AvgIpc) is 2.47. The van der Waals surface area contributed by atoms with Crippen molar-refractivity contribution in [3.63, 3.8) is 0 Å². The summed E-state index contributed by atoms with van der Waals surface area (Å²) >= 11 is 0. The van der Waals surface area contributed by atoms with Gasteiger partial charge in [-0.25, -0.2) is 0 Å². The maximum absolute atomic E-state index is 9.77. The predicted molar refractivity (Wildman–Crippen MR) is 68.3 cm³/mol. The standard InChI is InChI=1S/C14H17N3O/c15-11-14(17-8-6-16-7-9-17)5-10-18-13-4-2-1-3-12(13)14/h1-4,16H,5-10H2. The Morgan fingerprint density at radius 2 is 2.06 bits per heavy atom. The predicted octanol–water partition coefficient (Wildman–Crippen LogP) is 1.09. The third kappa shape index (κ3) is 1.67. The molecule has 2 aliphatic rings. The van der Waals surface area contributed by atoms with Crippen LogP contribution in [0.2, 0.25) is 0 Å². The third-order valence-corrected chi connectivity index (χ3v) is 3.90. The highest BCUT2D eigenvalue weighted by molar-refractivity contribution is 5.45. The number of para-hydroxylation sites is 1. The number of hydrogen-bond acceptors (Lipinski definition) is 4. The number of nitrogens with zero attached hydrogens (tertiary/aromatic N) is 2. The molecule has 0 aromatic heterocycles. The zero-order valence-electron chi connectivity index (χ0n) is 10.4. The van der Waals surface area contributed by atoms with Gasteiger partial charge in [-0.05, 0) is 6.07 Å². The highest BCUT2D eigenvalue weighted by Crippen LogP contribution is 2.40. The van der Waals surface area contributed by atoms with Crippen molar-refractivity contribution >= 4 is 0 Å². The van der Waals surface area contributed by atoms with Crippen molar-refractivity contribution in [1.29, 1.82) is 5.26 Å². The van der Waals surface area contributed by atoms with E-state index in [1.54, 1.807) is 0 Å². The number of nitrogens with one attached hydrogen (secondary N) is 1. The maximum Gasteiger partial charge on any atom is 0.141 e. The summed E-state index contributed by atoms with van der Waals surface area (Å²) in [6.45, 7) is 4.36. The Bertz CT molecular complexity index is 476. The van der Waals surface area contributed by atoms with E-state index >= 15 is 0 Å². The quantitative estimate of drug-likeness (QED) is 0.802. The first-order valence-corrected chi connectivity index (χ1v) is 6.46. The second-order valence-corrected chi connectivity index (χ2v) is 4.80. The Balaban J connectivity index is 2.04. The summed E-state index contributed by atoms with van der Waals surface area (Å²) < 4.78 is 5.68. The zero-order chi connectivity index (χ0) is 12.4. The number of fused-ring (bicyclic) bond motifs is 1. The highest BCUT2D eigenvalue weighted by Gasteiger charge is 2.43. The van der Waals surface area contributed by atoms with Crippen LogP contribution in [0.5, 0.6) is 5.75 Å². The minimum atomic E-state index is -0.503. The Kier molecular flexibility index (Phi) is 2.94. The van der Waals surface area contributed by atoms with Gasteiger partial charge < -0.3 is 10.1 Å². The molecule has 3 rings (SSSR count). The first kappa shape index (κ1) is 11.5. The van der Waals surface area contributed by atoms with E-state index in [1.807, 2.05) is 24.3 Å². The fourth-order valence-electron chi connectivity index (χ4n) is 2.94. The molecule has 94 valence electrons. The van der Waals surface area contributed by atoms with Crippen LogP contribution < -0.4 is 10.1 Å². The van der Waals surface area contributed by atoms with Crippen LogP contribution in [0.4, 0.5) is 0 Å². The van der Waals surface area contributed by atoms with Gasteiger partial charge in [-0.1, -0.05) is 18.2 Å². The van der Waals surface area contributed by atoms with Crippen LogP contribution in [-0.4, -0.2) is 37.7 Å². The van der Waals surface area contributed by atoms with E-state index in [-0.39, 0.29) is 0 Å². The molecular weight excluding hydrogens is 226 g/mol. The Labute approximate surface area is 107 Å². The molecule has 1 fully saturated rings. The number of rotatable bonds is 1. The molecule has 0 bridgehead atoms. The monoisotopic (exact) mass is 243 g/mol. The summed E-state index contributed by atoms with van der Waals surface area (Å²) in [5.41, 5.74) is 0.525. The number of benzene rings is 1. The summed E-state index contributed by atoms with van der Waals surface area (Å²) in [6.07, 6.45) is 0.751. The molecule has 1 unspecified atom stereocenters. The highest BCUT2D eigenvalue weighted by atomic mass is 16.5. The van der Waals surface area contributed by atoms with Crippen LogP contribution >= 0.6 is 0 Å². The molecule has 0 spiro atoms. The van der Waals surface area contributed by atoms with Gasteiger partial charge in [-0.2, -0.15) is 5.26 Å². The minimum absolute atomic E-state index is 0.503. The second-order valence-electron chi connectivity index (χ2n) is 4.80. The lowest BCUT2D eigenvalue weighted by Crippen LogP contribution is -2.55. The smallest absolute Gasteiger partial charge is 0.141 e. The van der Waals surface area contributed by atoms with Gasteiger partial charge in [0.05, 0.1) is 12.7 Å². The summed E-state index contributed by atoms with van der Waals surface area (Å²) in [5, 5.41) is 13.1. The van der Waals surface area contributed by atoms with Crippen LogP contribution in [0.25, 0.3) is 0 Å². The van der Waals surface area contributed by atoms with Gasteiger partial charge in [0.25, 0.3) is 0 Å². The molecule has 1 aromatic rings. The fraction of sp³-hybridized carbons (Fsp3) is 0.500. The van der Waals surface area contributed by atoms with Crippen LogP contribution in [0.15, 0.2) is 24.3 Å². The van der Waals surface area contributed by atoms with Gasteiger partial charge >= 0.3 is 0 Å². The Morgan fingerprint density at radius 1 is 1.28 bits per heavy atom. The molecule has 2 aliphatic heterocycles. The summed E-state index contributed by atoms with van der Waals surface area (Å²) in [5.74, 6) is 0.865. The van der Waals surface area contributed by atoms with Gasteiger partial charge in [0, 0.05) is 38.2 Å². The molecular formula is C14H17N3O. The minimum Gasteiger partial charge on any atom is -0.493 e. The topological polar surface area (TPSA) is 48.3 Å². The lowest BCUT2D eigenvalue weighted by molar-refractivity contribution is 0.0748. The van der Waals surface area contributed by atoms with Crippen molar-refractivity contribution in [3.05, 3.63) is 29.8 Å². The third-order valence-electron chi connectivity index (χ3n) is 3.90. The van der Waals surface area contributed by atoms with E-state index in [9.17, 15) is 5.26 Å². The summed E-state index contributed by atoms with van der Waals surface area (Å²) in [7, 11) is 0. The van der Waals surface area contributed by atoms with Gasteiger partial charge in [0.15, 0.2) is 0 Å². The molecule has 0 aliphatic carbocycles. The van der Waals surface area contributed by atoms with E-state index in [0.717, 1.165) is 43.9 Å². The van der Waals surface area contributed by atoms with Crippen molar-refractivity contribution in [3.8, 4) is 11.8 Å². The maximum atomic E-state index is 9.77. The molecule has 1 atom stereocenters. The molecule has 1 aromatic carbocycles. The summed E-state index contributed by atoms with van der Waals surface area (Å²) in [4.78, 5) is 2.30. The summed E-state index contributed by atoms with van der Waals surface area (Å²) in [6, 6.07) is 10.5. The largest absolute Gasteiger partial charge is 0.493 e. The van der Waals surface area contributed by atoms with E-state index in [0.29, 0.717) is 6.61 Å². The molecule has 1 N–H and O–H groups in total. The molecule has 4 heteroatoms. The number of nitriles is 1. The van der Waals surface area contributed by atoms with Crippen LogP contribution in [0, 0.1) is 11.3 Å². The van der Waals surface area contributed by atoms with E-state index < -0.39 is 5.54 Å². The molecule has 2 heterocycles. The van der Waals surface area contributed by atoms with Crippen LogP contribution in [0.1, 0.15) is 12.0 Å². The Hall–Kier alpha value is -1.57. The van der Waals surface area contributed by atoms with Gasteiger partial charge in [0.1, 0.15) is 11.3 Å². The van der Waals surface area contributed by atoms with Crippen molar-refractivity contribution in [1.82, 2.24) is 10.2 Å². The lowest BCUT2D eigenvalue weighted by Gasteiger charge is -2.44. The SMILES string of the molecule is N#CC1(N2CCNCC2)CCOc2ccccc21. The van der Waals surface area contributed by atoms with Crippen LogP contribution in [0.3, 0.4) is 0 Å². The van der Waals surface area contributed by atoms with E-state index in [1.165, 1.54) is 0 Å². The van der Waals surface area contributed by atoms with Gasteiger partial charge in [0.2, 0.25) is 0 Å². The molecule has 0 radical (unpaired) electrons. The zero-order valence-corrected chi connectivity index (χ0v) is 10.4. The molecule has 0 saturated carbocycles. The number of piperazine rings is 1. The molecule has 1 saturated heterocycles. The first-order chi connectivity index (χ1) is 8.87. The van der Waals surface area contributed by atoms with Crippen molar-refractivity contribution in [2.75, 3.05) is 32.8 Å². The lowest BCUT2D eigenvalue weighted by atomic mass is 9.83.